The molecule has 154 valence electrons. The minimum absolute atomic E-state index is 0.0487. The van der Waals surface area contributed by atoms with E-state index in [1.165, 1.54) is 10.5 Å². The Kier molecular flexibility index (Phi) is 5.87. The Bertz CT molecular complexity index is 1030. The van der Waals surface area contributed by atoms with Crippen LogP contribution in [0.15, 0.2) is 77.7 Å². The summed E-state index contributed by atoms with van der Waals surface area (Å²) in [7, 11) is 0. The van der Waals surface area contributed by atoms with Crippen LogP contribution >= 0.6 is 11.8 Å². The number of benzene rings is 3. The predicted octanol–water partition coefficient (Wildman–Crippen LogP) is 6.32. The normalized spacial score (nSPS) is 17.0. The maximum Gasteiger partial charge on any atom is 0.251 e. The van der Waals surface area contributed by atoms with Gasteiger partial charge in [0.2, 0.25) is 0 Å². The number of fused-ring (bicyclic) bond motifs is 1. The number of hydrogen-bond acceptors (Lipinski definition) is 3. The number of hydrogen-bond donors (Lipinski definition) is 1. The van der Waals surface area contributed by atoms with Gasteiger partial charge in [0.15, 0.2) is 0 Å². The fraction of sp³-hybridized carbons (Fsp3) is 0.269. The van der Waals surface area contributed by atoms with Crippen LogP contribution in [0, 0.1) is 6.92 Å². The van der Waals surface area contributed by atoms with Crippen LogP contribution in [0.5, 0.6) is 5.75 Å². The molecular formula is C26H27NO2S. The molecule has 0 radical (unpaired) electrons. The quantitative estimate of drug-likeness (QED) is 0.494. The van der Waals surface area contributed by atoms with Gasteiger partial charge in [0, 0.05) is 28.2 Å². The van der Waals surface area contributed by atoms with Crippen LogP contribution in [-0.2, 0) is 5.75 Å². The summed E-state index contributed by atoms with van der Waals surface area (Å²) in [6, 6.07) is 24.3. The summed E-state index contributed by atoms with van der Waals surface area (Å²) in [5.41, 5.74) is 3.78. The molecule has 3 aromatic rings. The summed E-state index contributed by atoms with van der Waals surface area (Å²) in [6.07, 6.45) is 0.737. The zero-order valence-corrected chi connectivity index (χ0v) is 18.5. The van der Waals surface area contributed by atoms with E-state index in [1.807, 2.05) is 54.6 Å². The molecule has 0 bridgehead atoms. The lowest BCUT2D eigenvalue weighted by atomic mass is 9.88. The van der Waals surface area contributed by atoms with Gasteiger partial charge in [-0.3, -0.25) is 4.79 Å². The van der Waals surface area contributed by atoms with E-state index in [0.29, 0.717) is 5.56 Å². The molecule has 4 heteroatoms. The van der Waals surface area contributed by atoms with Crippen molar-refractivity contribution in [1.29, 1.82) is 0 Å². The van der Waals surface area contributed by atoms with E-state index in [4.69, 9.17) is 4.74 Å². The van der Waals surface area contributed by atoms with Gasteiger partial charge in [-0.15, -0.1) is 11.8 Å². The van der Waals surface area contributed by atoms with Gasteiger partial charge in [-0.25, -0.2) is 0 Å². The minimum Gasteiger partial charge on any atom is -0.487 e. The maximum absolute atomic E-state index is 13.0. The zero-order valence-electron chi connectivity index (χ0n) is 17.6. The van der Waals surface area contributed by atoms with Crippen molar-refractivity contribution in [2.45, 2.75) is 49.5 Å². The van der Waals surface area contributed by atoms with Crippen LogP contribution in [0.25, 0.3) is 0 Å². The Labute approximate surface area is 182 Å². The minimum atomic E-state index is -0.321. The first kappa shape index (κ1) is 20.5. The van der Waals surface area contributed by atoms with Crippen molar-refractivity contribution in [2.24, 2.45) is 0 Å². The molecule has 0 aliphatic carbocycles. The number of rotatable bonds is 5. The Morgan fingerprint density at radius 3 is 2.53 bits per heavy atom. The summed E-state index contributed by atoms with van der Waals surface area (Å²) >= 11 is 1.80. The van der Waals surface area contributed by atoms with E-state index in [0.717, 1.165) is 29.1 Å². The molecule has 4 rings (SSSR count). The number of ether oxygens (including phenoxy) is 1. The molecule has 0 spiro atoms. The third-order valence-electron chi connectivity index (χ3n) is 5.29. The van der Waals surface area contributed by atoms with Crippen molar-refractivity contribution in [3.05, 3.63) is 95.1 Å². The highest BCUT2D eigenvalue weighted by molar-refractivity contribution is 7.98. The van der Waals surface area contributed by atoms with Crippen LogP contribution in [0.2, 0.25) is 0 Å². The summed E-state index contributed by atoms with van der Waals surface area (Å²) < 4.78 is 6.12. The average molecular weight is 418 g/mol. The molecule has 1 N–H and O–H groups in total. The van der Waals surface area contributed by atoms with Gasteiger partial charge in [-0.2, -0.15) is 0 Å². The summed E-state index contributed by atoms with van der Waals surface area (Å²) in [5.74, 6) is 1.69. The van der Waals surface area contributed by atoms with E-state index < -0.39 is 0 Å². The van der Waals surface area contributed by atoms with Gasteiger partial charge in [0.05, 0.1) is 6.04 Å². The van der Waals surface area contributed by atoms with Gasteiger partial charge < -0.3 is 10.1 Å². The SMILES string of the molecule is Cc1ccc2c(c1)[C@H](NC(=O)c1ccc(CSc3ccccc3)cc1)CC(C)(C)O2. The molecule has 0 saturated heterocycles. The molecule has 1 aliphatic rings. The first-order valence-electron chi connectivity index (χ1n) is 10.3. The third kappa shape index (κ3) is 4.88. The number of nitrogens with one attached hydrogen (secondary N) is 1. The lowest BCUT2D eigenvalue weighted by Crippen LogP contribution is -2.41. The molecule has 0 fully saturated rings. The molecule has 0 aromatic heterocycles. The molecule has 3 nitrogen and oxygen atoms in total. The Hall–Kier alpha value is -2.72. The van der Waals surface area contributed by atoms with Gasteiger partial charge >= 0.3 is 0 Å². The highest BCUT2D eigenvalue weighted by Gasteiger charge is 2.34. The average Bonchev–Trinajstić information content (AvgIpc) is 2.73. The first-order valence-corrected chi connectivity index (χ1v) is 11.3. The number of carbonyl (C=O) groups excluding carboxylic acids is 1. The molecule has 1 atom stereocenters. The van der Waals surface area contributed by atoms with E-state index in [-0.39, 0.29) is 17.6 Å². The second kappa shape index (κ2) is 8.57. The van der Waals surface area contributed by atoms with Crippen molar-refractivity contribution in [2.75, 3.05) is 0 Å². The fourth-order valence-electron chi connectivity index (χ4n) is 3.78. The van der Waals surface area contributed by atoms with E-state index in [9.17, 15) is 4.79 Å². The Morgan fingerprint density at radius 1 is 1.07 bits per heavy atom. The second-order valence-corrected chi connectivity index (χ2v) is 9.48. The predicted molar refractivity (Wildman–Crippen MR) is 123 cm³/mol. The van der Waals surface area contributed by atoms with Crippen LogP contribution in [0.3, 0.4) is 0 Å². The van der Waals surface area contributed by atoms with Gasteiger partial charge in [0.1, 0.15) is 11.4 Å². The van der Waals surface area contributed by atoms with Crippen molar-refractivity contribution in [1.82, 2.24) is 5.32 Å². The summed E-state index contributed by atoms with van der Waals surface area (Å²) in [4.78, 5) is 14.2. The molecule has 3 aromatic carbocycles. The monoisotopic (exact) mass is 417 g/mol. The molecule has 1 heterocycles. The van der Waals surface area contributed by atoms with Crippen molar-refractivity contribution in [3.63, 3.8) is 0 Å². The van der Waals surface area contributed by atoms with Crippen molar-refractivity contribution >= 4 is 17.7 Å². The molecular weight excluding hydrogens is 390 g/mol. The fourth-order valence-corrected chi connectivity index (χ4v) is 4.66. The maximum atomic E-state index is 13.0. The number of carbonyl (C=O) groups is 1. The van der Waals surface area contributed by atoms with Gasteiger partial charge in [-0.05, 0) is 56.7 Å². The van der Waals surface area contributed by atoms with E-state index in [2.05, 4.69) is 44.3 Å². The Balaban J connectivity index is 1.44. The van der Waals surface area contributed by atoms with Gasteiger partial charge in [0.25, 0.3) is 5.91 Å². The van der Waals surface area contributed by atoms with Crippen molar-refractivity contribution in [3.8, 4) is 5.75 Å². The van der Waals surface area contributed by atoms with Crippen LogP contribution in [-0.4, -0.2) is 11.5 Å². The molecule has 0 saturated carbocycles. The lowest BCUT2D eigenvalue weighted by Gasteiger charge is -2.38. The zero-order chi connectivity index (χ0) is 21.1. The van der Waals surface area contributed by atoms with Gasteiger partial charge in [-0.1, -0.05) is 48.0 Å². The van der Waals surface area contributed by atoms with Crippen LogP contribution < -0.4 is 10.1 Å². The second-order valence-electron chi connectivity index (χ2n) is 8.43. The Morgan fingerprint density at radius 2 is 1.80 bits per heavy atom. The van der Waals surface area contributed by atoms with Crippen LogP contribution in [0.1, 0.15) is 53.4 Å². The topological polar surface area (TPSA) is 38.3 Å². The largest absolute Gasteiger partial charge is 0.487 e. The third-order valence-corrected chi connectivity index (χ3v) is 6.38. The highest BCUT2D eigenvalue weighted by Crippen LogP contribution is 2.40. The number of aryl methyl sites for hydroxylation is 1. The molecule has 1 aliphatic heterocycles. The van der Waals surface area contributed by atoms with E-state index in [1.54, 1.807) is 11.8 Å². The molecule has 30 heavy (non-hydrogen) atoms. The molecule has 0 unspecified atom stereocenters. The van der Waals surface area contributed by atoms with Crippen molar-refractivity contribution < 1.29 is 9.53 Å². The highest BCUT2D eigenvalue weighted by atomic mass is 32.2. The number of amides is 1. The van der Waals surface area contributed by atoms with Crippen LogP contribution in [0.4, 0.5) is 0 Å². The standard InChI is InChI=1S/C26H27NO2S/c1-18-9-14-24-22(15-18)23(16-26(2,3)29-24)27-25(28)20-12-10-19(11-13-20)17-30-21-7-5-4-6-8-21/h4-15,23H,16-17H2,1-3H3,(H,27,28)/t23-/m1/s1. The lowest BCUT2D eigenvalue weighted by molar-refractivity contribution is 0.0619. The van der Waals surface area contributed by atoms with E-state index >= 15 is 0 Å². The summed E-state index contributed by atoms with van der Waals surface area (Å²) in [6.45, 7) is 6.19. The first-order chi connectivity index (χ1) is 14.4. The number of thioether (sulfide) groups is 1. The summed E-state index contributed by atoms with van der Waals surface area (Å²) in [5, 5.41) is 3.23. The molecule has 1 amide bonds. The smallest absolute Gasteiger partial charge is 0.251 e.